The van der Waals surface area contributed by atoms with E-state index in [9.17, 15) is 13.6 Å². The van der Waals surface area contributed by atoms with Crippen molar-refractivity contribution in [2.75, 3.05) is 5.32 Å². The first kappa shape index (κ1) is 14.1. The molecule has 106 valence electrons. The molecule has 0 aliphatic rings. The SMILES string of the molecule is CC(C)(C)c1nnc(Nc2ccc(F)cc2F)[nH]c1=O. The first-order chi connectivity index (χ1) is 9.27. The molecule has 0 aliphatic heterocycles. The van der Waals surface area contributed by atoms with Crippen LogP contribution in [0.4, 0.5) is 20.4 Å². The predicted octanol–water partition coefficient (Wildman–Crippen LogP) is 2.48. The number of hydrogen-bond acceptors (Lipinski definition) is 4. The molecule has 0 saturated heterocycles. The van der Waals surface area contributed by atoms with Crippen molar-refractivity contribution in [3.05, 3.63) is 45.9 Å². The summed E-state index contributed by atoms with van der Waals surface area (Å²) in [7, 11) is 0. The summed E-state index contributed by atoms with van der Waals surface area (Å²) in [5, 5.41) is 10.2. The van der Waals surface area contributed by atoms with E-state index in [4.69, 9.17) is 0 Å². The van der Waals surface area contributed by atoms with E-state index in [2.05, 4.69) is 20.5 Å². The van der Waals surface area contributed by atoms with Crippen LogP contribution in [0.2, 0.25) is 0 Å². The summed E-state index contributed by atoms with van der Waals surface area (Å²) in [6.07, 6.45) is 0. The molecule has 0 bridgehead atoms. The molecule has 0 fully saturated rings. The minimum absolute atomic E-state index is 0.000131. The quantitative estimate of drug-likeness (QED) is 0.886. The molecule has 5 nitrogen and oxygen atoms in total. The second-order valence-electron chi connectivity index (χ2n) is 5.35. The lowest BCUT2D eigenvalue weighted by molar-refractivity contribution is 0.547. The summed E-state index contributed by atoms with van der Waals surface area (Å²) in [5.41, 5.74) is -0.569. The maximum atomic E-state index is 13.5. The molecule has 1 heterocycles. The van der Waals surface area contributed by atoms with Gasteiger partial charge < -0.3 is 5.32 Å². The average molecular weight is 280 g/mol. The zero-order valence-corrected chi connectivity index (χ0v) is 11.3. The van der Waals surface area contributed by atoms with Gasteiger partial charge >= 0.3 is 0 Å². The van der Waals surface area contributed by atoms with E-state index in [1.54, 1.807) is 0 Å². The monoisotopic (exact) mass is 280 g/mol. The Hall–Kier alpha value is -2.31. The number of aromatic amines is 1. The Morgan fingerprint density at radius 2 is 1.90 bits per heavy atom. The van der Waals surface area contributed by atoms with Gasteiger partial charge in [0.1, 0.15) is 17.3 Å². The molecule has 7 heteroatoms. The van der Waals surface area contributed by atoms with E-state index in [0.29, 0.717) is 0 Å². The normalized spacial score (nSPS) is 11.4. The topological polar surface area (TPSA) is 70.7 Å². The second-order valence-corrected chi connectivity index (χ2v) is 5.35. The standard InChI is InChI=1S/C13H14F2N4O/c1-13(2,3)10-11(20)17-12(19-18-10)16-9-5-4-7(14)6-8(9)15/h4-6H,1-3H3,(H2,16,17,19,20). The highest BCUT2D eigenvalue weighted by Gasteiger charge is 2.20. The van der Waals surface area contributed by atoms with Gasteiger partial charge in [0.15, 0.2) is 0 Å². The van der Waals surface area contributed by atoms with Gasteiger partial charge in [0.2, 0.25) is 5.95 Å². The van der Waals surface area contributed by atoms with E-state index >= 15 is 0 Å². The number of rotatable bonds is 2. The largest absolute Gasteiger partial charge is 0.322 e. The molecule has 1 aromatic carbocycles. The fraction of sp³-hybridized carbons (Fsp3) is 0.308. The zero-order valence-electron chi connectivity index (χ0n) is 11.3. The van der Waals surface area contributed by atoms with Crippen LogP contribution < -0.4 is 10.9 Å². The average Bonchev–Trinajstić information content (AvgIpc) is 2.31. The van der Waals surface area contributed by atoms with Crippen LogP contribution in [0.1, 0.15) is 26.5 Å². The molecular formula is C13H14F2N4O. The van der Waals surface area contributed by atoms with Crippen molar-refractivity contribution in [1.82, 2.24) is 15.2 Å². The smallest absolute Gasteiger partial charge is 0.274 e. The number of nitrogens with one attached hydrogen (secondary N) is 2. The van der Waals surface area contributed by atoms with E-state index in [1.807, 2.05) is 20.8 Å². The van der Waals surface area contributed by atoms with Crippen LogP contribution in [0.25, 0.3) is 0 Å². The van der Waals surface area contributed by atoms with Gasteiger partial charge in [-0.15, -0.1) is 10.2 Å². The number of halogens is 2. The first-order valence-electron chi connectivity index (χ1n) is 5.97. The molecule has 2 aromatic rings. The van der Waals surface area contributed by atoms with Gasteiger partial charge in [-0.25, -0.2) is 8.78 Å². The van der Waals surface area contributed by atoms with Gasteiger partial charge in [-0.05, 0) is 12.1 Å². The second kappa shape index (κ2) is 4.99. The summed E-state index contributed by atoms with van der Waals surface area (Å²) < 4.78 is 26.2. The molecule has 0 spiro atoms. The molecule has 0 saturated carbocycles. The van der Waals surface area contributed by atoms with Crippen LogP contribution >= 0.6 is 0 Å². The Kier molecular flexibility index (Phi) is 3.52. The molecule has 0 atom stereocenters. The minimum atomic E-state index is -0.785. The van der Waals surface area contributed by atoms with Crippen LogP contribution in [-0.4, -0.2) is 15.2 Å². The lowest BCUT2D eigenvalue weighted by atomic mass is 9.93. The molecule has 0 aliphatic carbocycles. The summed E-state index contributed by atoms with van der Waals surface area (Å²) in [6, 6.07) is 3.04. The van der Waals surface area contributed by atoms with Gasteiger partial charge in [-0.3, -0.25) is 9.78 Å². The molecular weight excluding hydrogens is 266 g/mol. The third-order valence-electron chi connectivity index (χ3n) is 2.59. The van der Waals surface area contributed by atoms with E-state index in [1.165, 1.54) is 6.07 Å². The van der Waals surface area contributed by atoms with Gasteiger partial charge in [0.05, 0.1) is 5.69 Å². The summed E-state index contributed by atoms with van der Waals surface area (Å²) >= 11 is 0. The highest BCUT2D eigenvalue weighted by Crippen LogP contribution is 2.19. The fourth-order valence-corrected chi connectivity index (χ4v) is 1.60. The van der Waals surface area contributed by atoms with Crippen LogP contribution in [0.5, 0.6) is 0 Å². The third-order valence-corrected chi connectivity index (χ3v) is 2.59. The molecule has 0 unspecified atom stereocenters. The predicted molar refractivity (Wildman–Crippen MR) is 71.0 cm³/mol. The van der Waals surface area contributed by atoms with Crippen LogP contribution in [-0.2, 0) is 5.41 Å². The van der Waals surface area contributed by atoms with Gasteiger partial charge in [-0.1, -0.05) is 20.8 Å². The number of hydrogen-bond donors (Lipinski definition) is 2. The third kappa shape index (κ3) is 2.98. The van der Waals surface area contributed by atoms with Gasteiger partial charge in [0.25, 0.3) is 5.56 Å². The Bertz CT molecular complexity index is 692. The molecule has 2 rings (SSSR count). The Balaban J connectivity index is 2.32. The van der Waals surface area contributed by atoms with Crippen molar-refractivity contribution in [2.45, 2.75) is 26.2 Å². The van der Waals surface area contributed by atoms with E-state index in [0.717, 1.165) is 12.1 Å². The Morgan fingerprint density at radius 1 is 1.20 bits per heavy atom. The maximum Gasteiger partial charge on any atom is 0.274 e. The summed E-state index contributed by atoms with van der Waals surface area (Å²) in [6.45, 7) is 5.50. The van der Waals surface area contributed by atoms with Crippen molar-refractivity contribution in [3.63, 3.8) is 0 Å². The number of anilines is 2. The molecule has 2 N–H and O–H groups in total. The van der Waals surface area contributed by atoms with Crippen molar-refractivity contribution in [2.24, 2.45) is 0 Å². The maximum absolute atomic E-state index is 13.5. The van der Waals surface area contributed by atoms with Gasteiger partial charge in [0, 0.05) is 11.5 Å². The number of nitrogens with zero attached hydrogens (tertiary/aromatic N) is 2. The Labute approximate surface area is 114 Å². The van der Waals surface area contributed by atoms with E-state index in [-0.39, 0.29) is 17.3 Å². The van der Waals surface area contributed by atoms with Crippen molar-refractivity contribution < 1.29 is 8.78 Å². The highest BCUT2D eigenvalue weighted by molar-refractivity contribution is 5.53. The molecule has 1 aromatic heterocycles. The van der Waals surface area contributed by atoms with Crippen LogP contribution in [0.15, 0.2) is 23.0 Å². The van der Waals surface area contributed by atoms with E-state index < -0.39 is 22.6 Å². The zero-order chi connectivity index (χ0) is 14.9. The van der Waals surface area contributed by atoms with Gasteiger partial charge in [-0.2, -0.15) is 0 Å². The number of benzene rings is 1. The highest BCUT2D eigenvalue weighted by atomic mass is 19.1. The minimum Gasteiger partial charge on any atom is -0.322 e. The molecule has 0 radical (unpaired) electrons. The van der Waals surface area contributed by atoms with Crippen molar-refractivity contribution in [3.8, 4) is 0 Å². The number of aromatic nitrogens is 3. The van der Waals surface area contributed by atoms with Crippen LogP contribution in [0, 0.1) is 11.6 Å². The van der Waals surface area contributed by atoms with Crippen LogP contribution in [0.3, 0.4) is 0 Å². The van der Waals surface area contributed by atoms with Crippen molar-refractivity contribution >= 4 is 11.6 Å². The lowest BCUT2D eigenvalue weighted by Gasteiger charge is -2.15. The fourth-order valence-electron chi connectivity index (χ4n) is 1.60. The first-order valence-corrected chi connectivity index (χ1v) is 5.97. The number of H-pyrrole nitrogens is 1. The summed E-state index contributed by atoms with van der Waals surface area (Å²) in [5.74, 6) is -1.48. The Morgan fingerprint density at radius 3 is 2.45 bits per heavy atom. The molecule has 20 heavy (non-hydrogen) atoms. The lowest BCUT2D eigenvalue weighted by Crippen LogP contribution is -2.28. The summed E-state index contributed by atoms with van der Waals surface area (Å²) in [4.78, 5) is 14.3. The molecule has 0 amide bonds. The van der Waals surface area contributed by atoms with Crippen molar-refractivity contribution in [1.29, 1.82) is 0 Å².